The Kier molecular flexibility index (Phi) is 3.03. The van der Waals surface area contributed by atoms with Crippen LogP contribution in [0.25, 0.3) is 0 Å². The maximum atomic E-state index is 11.9. The Morgan fingerprint density at radius 3 is 2.76 bits per heavy atom. The SMILES string of the molecule is CNc1cnc(OC)c(N2CCN(C)C2=O)c1. The van der Waals surface area contributed by atoms with Crippen molar-refractivity contribution in [2.24, 2.45) is 0 Å². The van der Waals surface area contributed by atoms with Crippen molar-refractivity contribution in [3.8, 4) is 5.88 Å². The molecule has 6 heteroatoms. The van der Waals surface area contributed by atoms with E-state index >= 15 is 0 Å². The van der Waals surface area contributed by atoms with Crippen LogP contribution < -0.4 is 15.0 Å². The summed E-state index contributed by atoms with van der Waals surface area (Å²) in [4.78, 5) is 19.4. The van der Waals surface area contributed by atoms with Crippen molar-refractivity contribution >= 4 is 17.4 Å². The lowest BCUT2D eigenvalue weighted by molar-refractivity contribution is 0.229. The van der Waals surface area contributed by atoms with Gasteiger partial charge in [-0.3, -0.25) is 4.90 Å². The minimum atomic E-state index is -0.0293. The molecule has 0 spiro atoms. The molecule has 6 nitrogen and oxygen atoms in total. The molecular weight excluding hydrogens is 220 g/mol. The highest BCUT2D eigenvalue weighted by Gasteiger charge is 2.29. The number of rotatable bonds is 3. The Morgan fingerprint density at radius 2 is 2.24 bits per heavy atom. The lowest BCUT2D eigenvalue weighted by atomic mass is 10.3. The summed E-state index contributed by atoms with van der Waals surface area (Å²) in [5.41, 5.74) is 1.55. The molecule has 2 heterocycles. The number of urea groups is 1. The van der Waals surface area contributed by atoms with Crippen LogP contribution in [0.3, 0.4) is 0 Å². The Morgan fingerprint density at radius 1 is 1.47 bits per heavy atom. The molecular formula is C11H16N4O2. The van der Waals surface area contributed by atoms with Crippen LogP contribution in [0.15, 0.2) is 12.3 Å². The molecule has 1 aliphatic rings. The van der Waals surface area contributed by atoms with Crippen molar-refractivity contribution in [2.75, 3.05) is 44.5 Å². The van der Waals surface area contributed by atoms with Gasteiger partial charge in [-0.25, -0.2) is 9.78 Å². The van der Waals surface area contributed by atoms with Gasteiger partial charge in [0.05, 0.1) is 19.0 Å². The Labute approximate surface area is 100 Å². The summed E-state index contributed by atoms with van der Waals surface area (Å²) in [7, 11) is 5.14. The molecule has 1 aromatic heterocycles. The van der Waals surface area contributed by atoms with Crippen LogP contribution in [-0.2, 0) is 0 Å². The second-order valence-corrected chi connectivity index (χ2v) is 3.86. The smallest absolute Gasteiger partial charge is 0.324 e. The van der Waals surface area contributed by atoms with E-state index in [4.69, 9.17) is 4.74 Å². The van der Waals surface area contributed by atoms with Crippen molar-refractivity contribution < 1.29 is 9.53 Å². The first-order valence-corrected chi connectivity index (χ1v) is 5.41. The van der Waals surface area contributed by atoms with E-state index in [1.807, 2.05) is 13.1 Å². The molecule has 0 aliphatic carbocycles. The molecule has 1 N–H and O–H groups in total. The third kappa shape index (κ3) is 1.98. The normalized spacial score (nSPS) is 15.4. The fourth-order valence-corrected chi connectivity index (χ4v) is 1.80. The number of hydrogen-bond acceptors (Lipinski definition) is 4. The zero-order chi connectivity index (χ0) is 12.4. The maximum Gasteiger partial charge on any atom is 0.324 e. The highest BCUT2D eigenvalue weighted by atomic mass is 16.5. The van der Waals surface area contributed by atoms with Crippen molar-refractivity contribution in [2.45, 2.75) is 0 Å². The first-order chi connectivity index (χ1) is 8.17. The zero-order valence-electron chi connectivity index (χ0n) is 10.2. The standard InChI is InChI=1S/C11H16N4O2/c1-12-8-6-9(10(17-3)13-7-8)15-5-4-14(2)11(15)16/h6-7,12H,4-5H2,1-3H3. The molecule has 17 heavy (non-hydrogen) atoms. The van der Waals surface area contributed by atoms with Crippen LogP contribution in [0.4, 0.5) is 16.2 Å². The van der Waals surface area contributed by atoms with E-state index in [0.717, 1.165) is 5.69 Å². The predicted molar refractivity (Wildman–Crippen MR) is 65.7 cm³/mol. The molecule has 2 amide bonds. The van der Waals surface area contributed by atoms with Gasteiger partial charge in [0.25, 0.3) is 0 Å². The molecule has 0 unspecified atom stereocenters. The fourth-order valence-electron chi connectivity index (χ4n) is 1.80. The van der Waals surface area contributed by atoms with Crippen molar-refractivity contribution in [3.63, 3.8) is 0 Å². The van der Waals surface area contributed by atoms with Crippen LogP contribution >= 0.6 is 0 Å². The molecule has 0 atom stereocenters. The second kappa shape index (κ2) is 4.48. The Bertz CT molecular complexity index is 435. The average Bonchev–Trinajstić information content (AvgIpc) is 2.69. The molecule has 1 saturated heterocycles. The molecule has 2 rings (SSSR count). The number of amides is 2. The van der Waals surface area contributed by atoms with Gasteiger partial charge in [-0.2, -0.15) is 0 Å². The maximum absolute atomic E-state index is 11.9. The number of methoxy groups -OCH3 is 1. The summed E-state index contributed by atoms with van der Waals surface area (Å²) in [6, 6.07) is 1.83. The minimum Gasteiger partial charge on any atom is -0.480 e. The third-order valence-corrected chi connectivity index (χ3v) is 2.82. The summed E-state index contributed by atoms with van der Waals surface area (Å²) >= 11 is 0. The average molecular weight is 236 g/mol. The summed E-state index contributed by atoms with van der Waals surface area (Å²) < 4.78 is 5.19. The summed E-state index contributed by atoms with van der Waals surface area (Å²) in [6.45, 7) is 1.37. The van der Waals surface area contributed by atoms with E-state index in [1.54, 1.807) is 30.2 Å². The van der Waals surface area contributed by atoms with Gasteiger partial charge in [-0.05, 0) is 6.07 Å². The number of carbonyl (C=O) groups excluding carboxylic acids is 1. The van der Waals surface area contributed by atoms with Gasteiger partial charge in [0, 0.05) is 27.2 Å². The summed E-state index contributed by atoms with van der Waals surface area (Å²) in [6.07, 6.45) is 1.67. The predicted octanol–water partition coefficient (Wildman–Crippen LogP) is 1.00. The molecule has 92 valence electrons. The summed E-state index contributed by atoms with van der Waals surface area (Å²) in [5, 5.41) is 3.00. The van der Waals surface area contributed by atoms with Crippen LogP contribution in [0.1, 0.15) is 0 Å². The molecule has 0 bridgehead atoms. The number of hydrogen-bond donors (Lipinski definition) is 1. The minimum absolute atomic E-state index is 0.0293. The fraction of sp³-hybridized carbons (Fsp3) is 0.455. The van der Waals surface area contributed by atoms with Gasteiger partial charge in [0.15, 0.2) is 0 Å². The highest BCUT2D eigenvalue weighted by molar-refractivity contribution is 5.95. The molecule has 0 saturated carbocycles. The van der Waals surface area contributed by atoms with Crippen LogP contribution in [0.5, 0.6) is 5.88 Å². The number of nitrogens with one attached hydrogen (secondary N) is 1. The molecule has 0 radical (unpaired) electrons. The van der Waals surface area contributed by atoms with Crippen LogP contribution in [0.2, 0.25) is 0 Å². The number of pyridine rings is 1. The number of aromatic nitrogens is 1. The molecule has 0 aromatic carbocycles. The van der Waals surface area contributed by atoms with Crippen molar-refractivity contribution in [1.29, 1.82) is 0 Å². The van der Waals surface area contributed by atoms with E-state index in [1.165, 1.54) is 0 Å². The largest absolute Gasteiger partial charge is 0.480 e. The van der Waals surface area contributed by atoms with E-state index < -0.39 is 0 Å². The van der Waals surface area contributed by atoms with Crippen LogP contribution in [0, 0.1) is 0 Å². The lowest BCUT2D eigenvalue weighted by Gasteiger charge is -2.18. The number of ether oxygens (including phenoxy) is 1. The zero-order valence-corrected chi connectivity index (χ0v) is 10.2. The van der Waals surface area contributed by atoms with Gasteiger partial charge in [-0.1, -0.05) is 0 Å². The van der Waals surface area contributed by atoms with E-state index in [-0.39, 0.29) is 6.03 Å². The number of carbonyl (C=O) groups is 1. The van der Waals surface area contributed by atoms with Crippen molar-refractivity contribution in [3.05, 3.63) is 12.3 Å². The lowest BCUT2D eigenvalue weighted by Crippen LogP contribution is -2.29. The van der Waals surface area contributed by atoms with Gasteiger partial charge in [0.1, 0.15) is 5.69 Å². The molecule has 1 aromatic rings. The number of nitrogens with zero attached hydrogens (tertiary/aromatic N) is 3. The molecule has 1 aliphatic heterocycles. The number of likely N-dealkylation sites (N-methyl/N-ethyl adjacent to an activating group) is 1. The first kappa shape index (κ1) is 11.5. The van der Waals surface area contributed by atoms with Gasteiger partial charge < -0.3 is 15.0 Å². The summed E-state index contributed by atoms with van der Waals surface area (Å²) in [5.74, 6) is 0.465. The van der Waals surface area contributed by atoms with Gasteiger partial charge in [-0.15, -0.1) is 0 Å². The monoisotopic (exact) mass is 236 g/mol. The second-order valence-electron chi connectivity index (χ2n) is 3.86. The van der Waals surface area contributed by atoms with Gasteiger partial charge >= 0.3 is 6.03 Å². The highest BCUT2D eigenvalue weighted by Crippen LogP contribution is 2.30. The van der Waals surface area contributed by atoms with Crippen molar-refractivity contribution in [1.82, 2.24) is 9.88 Å². The van der Waals surface area contributed by atoms with Crippen LogP contribution in [-0.4, -0.2) is 50.2 Å². The third-order valence-electron chi connectivity index (χ3n) is 2.82. The Balaban J connectivity index is 2.39. The van der Waals surface area contributed by atoms with E-state index in [2.05, 4.69) is 10.3 Å². The Hall–Kier alpha value is -1.98. The number of anilines is 2. The quantitative estimate of drug-likeness (QED) is 0.850. The van der Waals surface area contributed by atoms with E-state index in [0.29, 0.717) is 24.7 Å². The first-order valence-electron chi connectivity index (χ1n) is 5.41. The van der Waals surface area contributed by atoms with Gasteiger partial charge in [0.2, 0.25) is 5.88 Å². The van der Waals surface area contributed by atoms with E-state index in [9.17, 15) is 4.79 Å². The topological polar surface area (TPSA) is 57.7 Å². The molecule has 1 fully saturated rings.